The van der Waals surface area contributed by atoms with E-state index in [4.69, 9.17) is 11.5 Å². The van der Waals surface area contributed by atoms with Crippen LogP contribution in [0.25, 0.3) is 0 Å². The number of carbonyl (C=O) groups excluding carboxylic acids is 1. The van der Waals surface area contributed by atoms with E-state index < -0.39 is 6.03 Å². The van der Waals surface area contributed by atoms with Gasteiger partial charge in [-0.15, -0.1) is 0 Å². The second-order valence-corrected chi connectivity index (χ2v) is 3.00. The third-order valence-electron chi connectivity index (χ3n) is 1.88. The molecule has 74 valence electrons. The summed E-state index contributed by atoms with van der Waals surface area (Å²) in [6, 6.07) is -0.480. The van der Waals surface area contributed by atoms with Gasteiger partial charge in [0.25, 0.3) is 0 Å². The fourth-order valence-corrected chi connectivity index (χ4v) is 1.28. The first-order valence-electron chi connectivity index (χ1n) is 4.28. The van der Waals surface area contributed by atoms with Crippen LogP contribution in [0, 0.1) is 0 Å². The van der Waals surface area contributed by atoms with Gasteiger partial charge in [0.1, 0.15) is 0 Å². The fraction of sp³-hybridized carbons (Fsp3) is 0.714. The Balaban J connectivity index is 2.18. The average Bonchev–Trinajstić information content (AvgIpc) is 2.51. The lowest BCUT2D eigenvalue weighted by molar-refractivity contribution is 0.238. The highest BCUT2D eigenvalue weighted by atomic mass is 16.2. The van der Waals surface area contributed by atoms with Gasteiger partial charge < -0.3 is 16.8 Å². The number of urea groups is 1. The standard InChI is InChI=1S/C7H15N5O/c8-6(9)11-7(13)10-5-12-3-1-2-4-12/h1-5H2,(H5,8,9,10,11,13). The van der Waals surface area contributed by atoms with Crippen molar-refractivity contribution in [3.63, 3.8) is 0 Å². The number of nitrogens with one attached hydrogen (secondary N) is 1. The smallest absolute Gasteiger partial charge is 0.345 e. The Morgan fingerprint density at radius 1 is 1.38 bits per heavy atom. The largest absolute Gasteiger partial charge is 0.370 e. The predicted octanol–water partition coefficient (Wildman–Crippen LogP) is -0.977. The Labute approximate surface area is 77.0 Å². The van der Waals surface area contributed by atoms with E-state index in [9.17, 15) is 4.79 Å². The zero-order valence-corrected chi connectivity index (χ0v) is 7.49. The molecule has 0 radical (unpaired) electrons. The molecule has 0 spiro atoms. The minimum Gasteiger partial charge on any atom is -0.370 e. The lowest BCUT2D eigenvalue weighted by Crippen LogP contribution is -2.36. The van der Waals surface area contributed by atoms with E-state index in [1.165, 1.54) is 12.8 Å². The van der Waals surface area contributed by atoms with E-state index in [0.717, 1.165) is 13.1 Å². The van der Waals surface area contributed by atoms with Crippen molar-refractivity contribution in [3.8, 4) is 0 Å². The zero-order valence-electron chi connectivity index (χ0n) is 7.49. The van der Waals surface area contributed by atoms with Crippen molar-refractivity contribution in [1.82, 2.24) is 10.2 Å². The number of rotatable bonds is 2. The molecule has 2 amide bonds. The molecule has 0 aliphatic carbocycles. The molecule has 6 nitrogen and oxygen atoms in total. The van der Waals surface area contributed by atoms with Gasteiger partial charge in [-0.1, -0.05) is 0 Å². The van der Waals surface area contributed by atoms with Crippen LogP contribution in [-0.2, 0) is 0 Å². The summed E-state index contributed by atoms with van der Waals surface area (Å²) in [6.07, 6.45) is 2.39. The second-order valence-electron chi connectivity index (χ2n) is 3.00. The van der Waals surface area contributed by atoms with E-state index >= 15 is 0 Å². The van der Waals surface area contributed by atoms with Crippen LogP contribution in [0.3, 0.4) is 0 Å². The first-order chi connectivity index (χ1) is 6.18. The van der Waals surface area contributed by atoms with Gasteiger partial charge in [0.05, 0.1) is 6.67 Å². The van der Waals surface area contributed by atoms with Crippen molar-refractivity contribution in [1.29, 1.82) is 0 Å². The molecule has 1 fully saturated rings. The van der Waals surface area contributed by atoms with Crippen LogP contribution in [0.15, 0.2) is 4.99 Å². The fourth-order valence-electron chi connectivity index (χ4n) is 1.28. The Hall–Kier alpha value is -1.30. The third kappa shape index (κ3) is 3.75. The van der Waals surface area contributed by atoms with Gasteiger partial charge in [-0.25, -0.2) is 4.79 Å². The Bertz CT molecular complexity index is 205. The first kappa shape index (κ1) is 9.79. The molecule has 0 aromatic rings. The molecule has 1 rings (SSSR count). The van der Waals surface area contributed by atoms with Gasteiger partial charge in [-0.2, -0.15) is 4.99 Å². The number of carbonyl (C=O) groups is 1. The molecule has 6 heteroatoms. The molecule has 1 heterocycles. The van der Waals surface area contributed by atoms with Crippen LogP contribution in [-0.4, -0.2) is 36.6 Å². The van der Waals surface area contributed by atoms with Crippen LogP contribution in [0.1, 0.15) is 12.8 Å². The predicted molar refractivity (Wildman–Crippen MR) is 50.0 cm³/mol. The van der Waals surface area contributed by atoms with Gasteiger partial charge in [0, 0.05) is 0 Å². The minimum absolute atomic E-state index is 0.209. The maximum absolute atomic E-state index is 10.9. The van der Waals surface area contributed by atoms with Crippen molar-refractivity contribution in [2.45, 2.75) is 12.8 Å². The number of hydrogen-bond donors (Lipinski definition) is 3. The molecular formula is C7H15N5O. The topological polar surface area (TPSA) is 96.7 Å². The van der Waals surface area contributed by atoms with Gasteiger partial charge in [-0.05, 0) is 25.9 Å². The normalized spacial score (nSPS) is 16.9. The molecule has 0 atom stereocenters. The minimum atomic E-state index is -0.480. The second kappa shape index (κ2) is 4.66. The molecule has 5 N–H and O–H groups in total. The Morgan fingerprint density at radius 3 is 2.54 bits per heavy atom. The number of nitrogens with zero attached hydrogens (tertiary/aromatic N) is 2. The quantitative estimate of drug-likeness (QED) is 0.380. The van der Waals surface area contributed by atoms with Crippen LogP contribution < -0.4 is 16.8 Å². The number of guanidine groups is 1. The highest BCUT2D eigenvalue weighted by Gasteiger charge is 2.11. The number of nitrogens with two attached hydrogens (primary N) is 2. The molecule has 1 aliphatic rings. The molecule has 1 aliphatic heterocycles. The number of aliphatic imine (C=N–C) groups is 1. The molecule has 0 unspecified atom stereocenters. The van der Waals surface area contributed by atoms with Crippen LogP contribution in [0.2, 0.25) is 0 Å². The van der Waals surface area contributed by atoms with E-state index in [1.807, 2.05) is 0 Å². The van der Waals surface area contributed by atoms with Crippen molar-refractivity contribution in [2.75, 3.05) is 19.8 Å². The summed E-state index contributed by atoms with van der Waals surface area (Å²) in [6.45, 7) is 2.58. The molecule has 13 heavy (non-hydrogen) atoms. The van der Waals surface area contributed by atoms with Crippen LogP contribution in [0.5, 0.6) is 0 Å². The monoisotopic (exact) mass is 185 g/mol. The molecule has 0 saturated carbocycles. The lowest BCUT2D eigenvalue weighted by atomic mass is 10.4. The van der Waals surface area contributed by atoms with Gasteiger partial charge in [0.2, 0.25) is 0 Å². The number of hydrogen-bond acceptors (Lipinski definition) is 2. The molecule has 1 saturated heterocycles. The van der Waals surface area contributed by atoms with E-state index in [2.05, 4.69) is 15.2 Å². The first-order valence-corrected chi connectivity index (χ1v) is 4.28. The maximum Gasteiger partial charge on any atom is 0.345 e. The van der Waals surface area contributed by atoms with Crippen molar-refractivity contribution < 1.29 is 4.79 Å². The maximum atomic E-state index is 10.9. The highest BCUT2D eigenvalue weighted by molar-refractivity contribution is 5.90. The summed E-state index contributed by atoms with van der Waals surface area (Å²) in [5, 5.41) is 2.60. The Morgan fingerprint density at radius 2 is 2.00 bits per heavy atom. The SMILES string of the molecule is NC(N)=NC(=O)NCN1CCCC1. The summed E-state index contributed by atoms with van der Waals surface area (Å²) in [5.41, 5.74) is 10.1. The molecule has 0 aromatic carbocycles. The zero-order chi connectivity index (χ0) is 9.68. The highest BCUT2D eigenvalue weighted by Crippen LogP contribution is 2.04. The number of likely N-dealkylation sites (tertiary alicyclic amines) is 1. The van der Waals surface area contributed by atoms with E-state index in [0.29, 0.717) is 6.67 Å². The van der Waals surface area contributed by atoms with Crippen molar-refractivity contribution in [3.05, 3.63) is 0 Å². The van der Waals surface area contributed by atoms with Crippen LogP contribution >= 0.6 is 0 Å². The third-order valence-corrected chi connectivity index (χ3v) is 1.88. The number of amides is 2. The van der Waals surface area contributed by atoms with E-state index in [-0.39, 0.29) is 5.96 Å². The van der Waals surface area contributed by atoms with E-state index in [1.54, 1.807) is 0 Å². The Kier molecular flexibility index (Phi) is 3.51. The molecule has 0 aromatic heterocycles. The summed E-state index contributed by atoms with van der Waals surface area (Å²) < 4.78 is 0. The molecular weight excluding hydrogens is 170 g/mol. The summed E-state index contributed by atoms with van der Waals surface area (Å²) in [5.74, 6) is -0.209. The van der Waals surface area contributed by atoms with Crippen molar-refractivity contribution >= 4 is 12.0 Å². The summed E-state index contributed by atoms with van der Waals surface area (Å²) in [4.78, 5) is 16.4. The van der Waals surface area contributed by atoms with Gasteiger partial charge in [-0.3, -0.25) is 4.90 Å². The van der Waals surface area contributed by atoms with Gasteiger partial charge in [0.15, 0.2) is 5.96 Å². The average molecular weight is 185 g/mol. The lowest BCUT2D eigenvalue weighted by Gasteiger charge is -2.13. The summed E-state index contributed by atoms with van der Waals surface area (Å²) in [7, 11) is 0. The van der Waals surface area contributed by atoms with Crippen molar-refractivity contribution in [2.24, 2.45) is 16.5 Å². The van der Waals surface area contributed by atoms with Gasteiger partial charge >= 0.3 is 6.03 Å². The van der Waals surface area contributed by atoms with Crippen LogP contribution in [0.4, 0.5) is 4.79 Å². The summed E-state index contributed by atoms with van der Waals surface area (Å²) >= 11 is 0. The molecule has 0 bridgehead atoms.